The van der Waals surface area contributed by atoms with Crippen molar-refractivity contribution in [1.29, 1.82) is 0 Å². The van der Waals surface area contributed by atoms with Crippen LogP contribution in [0.2, 0.25) is 0 Å². The van der Waals surface area contributed by atoms with Gasteiger partial charge in [0.1, 0.15) is 23.1 Å². The predicted molar refractivity (Wildman–Crippen MR) is 148 cm³/mol. The highest BCUT2D eigenvalue weighted by Gasteiger charge is 2.34. The van der Waals surface area contributed by atoms with Crippen LogP contribution in [-0.4, -0.2) is 32.8 Å². The van der Waals surface area contributed by atoms with E-state index < -0.39 is 0 Å². The lowest BCUT2D eigenvalue weighted by Gasteiger charge is -2.23. The van der Waals surface area contributed by atoms with Crippen LogP contribution in [0.25, 0.3) is 22.4 Å². The van der Waals surface area contributed by atoms with Gasteiger partial charge in [-0.1, -0.05) is 48.5 Å². The van der Waals surface area contributed by atoms with Crippen molar-refractivity contribution in [3.8, 4) is 17.0 Å². The minimum atomic E-state index is -0.192. The smallest absolute Gasteiger partial charge is 0.280 e. The molecule has 8 heteroatoms. The van der Waals surface area contributed by atoms with Gasteiger partial charge >= 0.3 is 0 Å². The molecule has 1 aliphatic carbocycles. The topological polar surface area (TPSA) is 108 Å². The predicted octanol–water partition coefficient (Wildman–Crippen LogP) is 5.61. The van der Waals surface area contributed by atoms with Gasteiger partial charge in [-0.2, -0.15) is 9.78 Å². The van der Waals surface area contributed by atoms with Gasteiger partial charge in [0.05, 0.1) is 30.8 Å². The van der Waals surface area contributed by atoms with Gasteiger partial charge in [-0.25, -0.2) is 9.97 Å². The van der Waals surface area contributed by atoms with E-state index in [0.717, 1.165) is 53.0 Å². The summed E-state index contributed by atoms with van der Waals surface area (Å²) in [5, 5.41) is 8.31. The van der Waals surface area contributed by atoms with Crippen molar-refractivity contribution in [2.75, 3.05) is 18.2 Å². The third-order valence-electron chi connectivity index (χ3n) is 7.02. The summed E-state index contributed by atoms with van der Waals surface area (Å²) < 4.78 is 6.93. The maximum absolute atomic E-state index is 14.2. The molecule has 0 saturated carbocycles. The molecule has 3 N–H and O–H groups in total. The first-order valence-corrected chi connectivity index (χ1v) is 12.8. The van der Waals surface area contributed by atoms with Gasteiger partial charge in [0.25, 0.3) is 5.91 Å². The number of nitrogen functional groups attached to an aromatic ring is 1. The Balaban J connectivity index is 1.53. The Bertz CT molecular complexity index is 1550. The van der Waals surface area contributed by atoms with Gasteiger partial charge in [-0.05, 0) is 49.0 Å². The van der Waals surface area contributed by atoms with Gasteiger partial charge in [0.2, 0.25) is 0 Å². The zero-order valence-electron chi connectivity index (χ0n) is 21.1. The average molecular weight is 505 g/mol. The summed E-state index contributed by atoms with van der Waals surface area (Å²) in [5.74, 6) is 1.37. The number of benzene rings is 2. The fourth-order valence-electron chi connectivity index (χ4n) is 5.19. The number of nitrogens with two attached hydrogens (primary N) is 1. The fourth-order valence-corrected chi connectivity index (χ4v) is 5.19. The van der Waals surface area contributed by atoms with Crippen LogP contribution in [0.5, 0.6) is 5.75 Å². The first-order chi connectivity index (χ1) is 18.6. The minimum Gasteiger partial charge on any atom is -0.497 e. The quantitative estimate of drug-likeness (QED) is 0.351. The normalized spacial score (nSPS) is 15.2. The van der Waals surface area contributed by atoms with E-state index in [9.17, 15) is 4.79 Å². The first kappa shape index (κ1) is 23.7. The third kappa shape index (κ3) is 4.34. The summed E-state index contributed by atoms with van der Waals surface area (Å²) >= 11 is 0. The molecule has 3 heterocycles. The molecule has 6 rings (SSSR count). The number of ether oxygens (including phenoxy) is 1. The fraction of sp³-hybridized carbons (Fsp3) is 0.200. The number of hydrogen-bond acceptors (Lipinski definition) is 7. The molecule has 190 valence electrons. The van der Waals surface area contributed by atoms with Gasteiger partial charge in [0, 0.05) is 23.2 Å². The highest BCUT2D eigenvalue weighted by molar-refractivity contribution is 6.23. The number of fused-ring (bicyclic) bond motifs is 1. The number of hydrogen-bond donors (Lipinski definition) is 2. The van der Waals surface area contributed by atoms with E-state index >= 15 is 0 Å². The summed E-state index contributed by atoms with van der Waals surface area (Å²) in [6, 6.07) is 17.6. The molecule has 0 saturated heterocycles. The molecule has 0 radical (unpaired) electrons. The van der Waals surface area contributed by atoms with Crippen molar-refractivity contribution in [2.45, 2.75) is 32.1 Å². The molecule has 0 amide bonds. The van der Waals surface area contributed by atoms with E-state index in [1.807, 2.05) is 54.6 Å². The monoisotopic (exact) mass is 504 g/mol. The highest BCUT2D eigenvalue weighted by Crippen LogP contribution is 2.40. The largest absolute Gasteiger partial charge is 0.497 e. The van der Waals surface area contributed by atoms with Crippen molar-refractivity contribution < 1.29 is 9.53 Å². The van der Waals surface area contributed by atoms with E-state index in [4.69, 9.17) is 15.6 Å². The van der Waals surface area contributed by atoms with Crippen LogP contribution in [0.3, 0.4) is 0 Å². The summed E-state index contributed by atoms with van der Waals surface area (Å²) in [5.41, 5.74) is 12.8. The van der Waals surface area contributed by atoms with Crippen molar-refractivity contribution in [2.24, 2.45) is 0 Å². The number of allylic oxidation sites excluding steroid dienone is 4. The van der Waals surface area contributed by atoms with Crippen LogP contribution in [0.4, 0.5) is 11.6 Å². The van der Waals surface area contributed by atoms with Crippen molar-refractivity contribution >= 4 is 28.7 Å². The van der Waals surface area contributed by atoms with E-state index in [-0.39, 0.29) is 5.91 Å². The first-order valence-electron chi connectivity index (χ1n) is 12.8. The number of rotatable bonds is 6. The zero-order valence-corrected chi connectivity index (χ0v) is 21.1. The average Bonchev–Trinajstić information content (AvgIpc) is 3.35. The van der Waals surface area contributed by atoms with Gasteiger partial charge < -0.3 is 15.8 Å². The van der Waals surface area contributed by atoms with Crippen molar-refractivity contribution in [1.82, 2.24) is 19.7 Å². The molecule has 4 aromatic rings. The Morgan fingerprint density at radius 3 is 2.47 bits per heavy atom. The molecule has 2 aliphatic rings. The van der Waals surface area contributed by atoms with Crippen molar-refractivity contribution in [3.63, 3.8) is 0 Å². The van der Waals surface area contributed by atoms with E-state index in [2.05, 4.69) is 21.4 Å². The van der Waals surface area contributed by atoms with Crippen LogP contribution >= 0.6 is 0 Å². The second-order valence-corrected chi connectivity index (χ2v) is 9.44. The van der Waals surface area contributed by atoms with Crippen LogP contribution in [0, 0.1) is 0 Å². The molecular formula is C30H28N6O2. The molecule has 0 unspecified atom stereocenters. The summed E-state index contributed by atoms with van der Waals surface area (Å²) in [7, 11) is 1.62. The zero-order chi connectivity index (χ0) is 26.1. The third-order valence-corrected chi connectivity index (χ3v) is 7.02. The minimum absolute atomic E-state index is 0.192. The SMILES string of the molecule is COc1ccc(C2=C(Nc3cnc(N)cn3)Cc3c(C4=CCCCC4)c(-c4ccccc4)nn3C2=O)cc1. The van der Waals surface area contributed by atoms with Crippen LogP contribution < -0.4 is 15.8 Å². The second kappa shape index (κ2) is 9.97. The summed E-state index contributed by atoms with van der Waals surface area (Å²) in [6.07, 6.45) is 10.1. The highest BCUT2D eigenvalue weighted by atomic mass is 16.5. The number of nitrogens with zero attached hydrogens (tertiary/aromatic N) is 4. The number of carbonyl (C=O) groups excluding carboxylic acids is 1. The van der Waals surface area contributed by atoms with Gasteiger partial charge in [0.15, 0.2) is 0 Å². The molecule has 38 heavy (non-hydrogen) atoms. The standard InChI is InChI=1S/C30H28N6O2/c1-38-22-14-12-20(13-15-22)27-23(34-26-18-32-25(31)17-33-26)16-24-28(19-8-4-2-5-9-19)29(35-36(24)30(27)37)21-10-6-3-7-11-21/h3,6-8,10-15,17-18H,2,4-5,9,16H2,1H3,(H2,31,32)(H,33,34). The lowest BCUT2D eigenvalue weighted by molar-refractivity contribution is 0.0958. The maximum Gasteiger partial charge on any atom is 0.280 e. The molecule has 1 aliphatic heterocycles. The summed E-state index contributed by atoms with van der Waals surface area (Å²) in [6.45, 7) is 0. The number of carbonyl (C=O) groups is 1. The maximum atomic E-state index is 14.2. The van der Waals surface area contributed by atoms with Crippen LogP contribution in [-0.2, 0) is 6.42 Å². The Kier molecular flexibility index (Phi) is 6.21. The van der Waals surface area contributed by atoms with Crippen LogP contribution in [0.1, 0.15) is 47.3 Å². The van der Waals surface area contributed by atoms with Gasteiger partial charge in [-0.15, -0.1) is 0 Å². The second-order valence-electron chi connectivity index (χ2n) is 9.44. The van der Waals surface area contributed by atoms with E-state index in [0.29, 0.717) is 29.4 Å². The molecule has 0 spiro atoms. The lowest BCUT2D eigenvalue weighted by Crippen LogP contribution is -2.27. The van der Waals surface area contributed by atoms with Crippen molar-refractivity contribution in [3.05, 3.63) is 95.6 Å². The Morgan fingerprint density at radius 2 is 1.79 bits per heavy atom. The van der Waals surface area contributed by atoms with E-state index in [1.165, 1.54) is 18.2 Å². The molecule has 8 nitrogen and oxygen atoms in total. The van der Waals surface area contributed by atoms with Gasteiger partial charge in [-0.3, -0.25) is 4.79 Å². The summed E-state index contributed by atoms with van der Waals surface area (Å²) in [4.78, 5) is 22.7. The molecule has 0 atom stereocenters. The van der Waals surface area contributed by atoms with E-state index in [1.54, 1.807) is 18.0 Å². The number of aromatic nitrogens is 4. The molecule has 0 fully saturated rings. The lowest BCUT2D eigenvalue weighted by atomic mass is 9.88. The molecular weight excluding hydrogens is 476 g/mol. The molecule has 2 aromatic carbocycles. The van der Waals surface area contributed by atoms with Crippen LogP contribution in [0.15, 0.2) is 78.8 Å². The Hall–Kier alpha value is -4.72. The Morgan fingerprint density at radius 1 is 0.974 bits per heavy atom. The molecule has 2 aromatic heterocycles. The number of methoxy groups -OCH3 is 1. The number of nitrogens with one attached hydrogen (secondary N) is 1. The Labute approximate surface area is 220 Å². The molecule has 0 bridgehead atoms. The number of anilines is 2.